The molecule has 0 atom stereocenters. The fourth-order valence-corrected chi connectivity index (χ4v) is 2.66. The van der Waals surface area contributed by atoms with Gasteiger partial charge in [0.1, 0.15) is 0 Å². The van der Waals surface area contributed by atoms with Gasteiger partial charge in [-0.3, -0.25) is 4.90 Å². The zero-order valence-electron chi connectivity index (χ0n) is 13.8. The van der Waals surface area contributed by atoms with E-state index in [-0.39, 0.29) is 24.9 Å². The minimum absolute atomic E-state index is 0.0624. The molecule has 0 saturated heterocycles. The van der Waals surface area contributed by atoms with Crippen LogP contribution >= 0.6 is 11.6 Å². The second-order valence-electron chi connectivity index (χ2n) is 5.26. The molecule has 132 valence electrons. The highest BCUT2D eigenvalue weighted by Crippen LogP contribution is 2.37. The Balaban J connectivity index is 1.91. The number of carbonyl (C=O) groups is 1. The molecule has 0 fully saturated rings. The smallest absolute Gasteiger partial charge is 0.410 e. The number of methoxy groups -OCH3 is 1. The average molecular weight is 365 g/mol. The number of hydrogen-bond donors (Lipinski definition) is 1. The lowest BCUT2D eigenvalue weighted by molar-refractivity contribution is 0.106. The van der Waals surface area contributed by atoms with E-state index >= 15 is 0 Å². The molecule has 1 aliphatic rings. The van der Waals surface area contributed by atoms with Crippen molar-refractivity contribution in [1.82, 2.24) is 14.9 Å². The average Bonchev–Trinajstić information content (AvgIpc) is 3.00. The zero-order chi connectivity index (χ0) is 18.0. The van der Waals surface area contributed by atoms with Crippen molar-refractivity contribution in [2.75, 3.05) is 19.5 Å². The van der Waals surface area contributed by atoms with Crippen molar-refractivity contribution in [3.05, 3.63) is 34.5 Å². The first-order valence-electron chi connectivity index (χ1n) is 7.60. The lowest BCUT2D eigenvalue weighted by Crippen LogP contribution is -2.26. The van der Waals surface area contributed by atoms with Crippen LogP contribution in [0.25, 0.3) is 0 Å². The third-order valence-corrected chi connectivity index (χ3v) is 3.86. The number of hydrogen-bond acceptors (Lipinski definition) is 7. The van der Waals surface area contributed by atoms with Gasteiger partial charge in [-0.05, 0) is 19.1 Å². The van der Waals surface area contributed by atoms with Gasteiger partial charge >= 0.3 is 6.09 Å². The SMILES string of the molecule is CCOC(=O)N1Cc2nc(N)nc(Oc3ccc(Cl)cc3OC)c2C1. The number of ether oxygens (including phenoxy) is 3. The second kappa shape index (κ2) is 7.02. The molecule has 0 unspecified atom stereocenters. The summed E-state index contributed by atoms with van der Waals surface area (Å²) < 4.78 is 16.2. The van der Waals surface area contributed by atoms with E-state index in [9.17, 15) is 4.79 Å². The normalized spacial score (nSPS) is 12.7. The summed E-state index contributed by atoms with van der Waals surface area (Å²) in [6.07, 6.45) is -0.422. The van der Waals surface area contributed by atoms with Crippen LogP contribution < -0.4 is 15.2 Å². The van der Waals surface area contributed by atoms with Crippen LogP contribution in [0.15, 0.2) is 18.2 Å². The number of fused-ring (bicyclic) bond motifs is 1. The van der Waals surface area contributed by atoms with Crippen molar-refractivity contribution in [2.45, 2.75) is 20.0 Å². The summed E-state index contributed by atoms with van der Waals surface area (Å²) in [7, 11) is 1.51. The molecule has 25 heavy (non-hydrogen) atoms. The van der Waals surface area contributed by atoms with Crippen LogP contribution in [0, 0.1) is 0 Å². The maximum absolute atomic E-state index is 12.0. The van der Waals surface area contributed by atoms with Crippen LogP contribution in [-0.2, 0) is 17.8 Å². The van der Waals surface area contributed by atoms with Gasteiger partial charge < -0.3 is 19.9 Å². The van der Waals surface area contributed by atoms with Crippen LogP contribution in [0.2, 0.25) is 5.02 Å². The van der Waals surface area contributed by atoms with E-state index in [4.69, 9.17) is 31.5 Å². The Morgan fingerprint density at radius 3 is 2.84 bits per heavy atom. The molecule has 1 aromatic carbocycles. The lowest BCUT2D eigenvalue weighted by atomic mass is 10.2. The van der Waals surface area contributed by atoms with Crippen LogP contribution in [-0.4, -0.2) is 34.7 Å². The Kier molecular flexibility index (Phi) is 4.80. The van der Waals surface area contributed by atoms with Gasteiger partial charge in [-0.1, -0.05) is 11.6 Å². The predicted octanol–water partition coefficient (Wildman–Crippen LogP) is 2.99. The van der Waals surface area contributed by atoms with E-state index in [0.717, 1.165) is 0 Å². The van der Waals surface area contributed by atoms with Crippen molar-refractivity contribution in [1.29, 1.82) is 0 Å². The van der Waals surface area contributed by atoms with Gasteiger partial charge in [0.05, 0.1) is 38.1 Å². The number of benzene rings is 1. The van der Waals surface area contributed by atoms with Crippen LogP contribution in [0.4, 0.5) is 10.7 Å². The van der Waals surface area contributed by atoms with Crippen LogP contribution in [0.5, 0.6) is 17.4 Å². The zero-order valence-corrected chi connectivity index (χ0v) is 14.5. The molecule has 9 heteroatoms. The van der Waals surface area contributed by atoms with E-state index in [0.29, 0.717) is 34.4 Å². The third kappa shape index (κ3) is 3.53. The number of nitrogen functional groups attached to an aromatic ring is 1. The van der Waals surface area contributed by atoms with Crippen molar-refractivity contribution in [3.8, 4) is 17.4 Å². The van der Waals surface area contributed by atoms with E-state index in [1.165, 1.54) is 12.0 Å². The molecule has 0 radical (unpaired) electrons. The molecule has 2 aromatic rings. The highest BCUT2D eigenvalue weighted by molar-refractivity contribution is 6.30. The van der Waals surface area contributed by atoms with Crippen molar-refractivity contribution >= 4 is 23.6 Å². The number of amides is 1. The number of rotatable bonds is 4. The Hall–Kier alpha value is -2.74. The maximum atomic E-state index is 12.0. The van der Waals surface area contributed by atoms with Gasteiger partial charge in [0.2, 0.25) is 11.8 Å². The van der Waals surface area contributed by atoms with Crippen LogP contribution in [0.1, 0.15) is 18.2 Å². The fourth-order valence-electron chi connectivity index (χ4n) is 2.50. The first-order valence-corrected chi connectivity index (χ1v) is 7.98. The van der Waals surface area contributed by atoms with Crippen molar-refractivity contribution in [2.24, 2.45) is 0 Å². The number of nitrogens with two attached hydrogens (primary N) is 1. The number of nitrogens with zero attached hydrogens (tertiary/aromatic N) is 3. The molecule has 1 aromatic heterocycles. The summed E-state index contributed by atoms with van der Waals surface area (Å²) in [5.41, 5.74) is 7.08. The summed E-state index contributed by atoms with van der Waals surface area (Å²) in [6.45, 7) is 2.61. The number of carbonyl (C=O) groups excluding carboxylic acids is 1. The first kappa shape index (κ1) is 17.1. The van der Waals surface area contributed by atoms with Crippen molar-refractivity contribution < 1.29 is 19.0 Å². The quantitative estimate of drug-likeness (QED) is 0.889. The lowest BCUT2D eigenvalue weighted by Gasteiger charge is -2.14. The Bertz CT molecular complexity index is 815. The summed E-state index contributed by atoms with van der Waals surface area (Å²) in [6, 6.07) is 4.98. The molecular formula is C16H17ClN4O4. The minimum atomic E-state index is -0.422. The predicted molar refractivity (Wildman–Crippen MR) is 90.8 cm³/mol. The number of aromatic nitrogens is 2. The first-order chi connectivity index (χ1) is 12.0. The van der Waals surface area contributed by atoms with E-state index < -0.39 is 6.09 Å². The monoisotopic (exact) mass is 364 g/mol. The van der Waals surface area contributed by atoms with Gasteiger partial charge in [-0.15, -0.1) is 0 Å². The van der Waals surface area contributed by atoms with E-state index in [2.05, 4.69) is 9.97 Å². The molecule has 2 heterocycles. The fraction of sp³-hybridized carbons (Fsp3) is 0.312. The highest BCUT2D eigenvalue weighted by Gasteiger charge is 2.30. The molecule has 0 spiro atoms. The highest BCUT2D eigenvalue weighted by atomic mass is 35.5. The third-order valence-electron chi connectivity index (χ3n) is 3.62. The Labute approximate surface area is 149 Å². The summed E-state index contributed by atoms with van der Waals surface area (Å²) >= 11 is 5.96. The molecule has 0 aliphatic carbocycles. The van der Waals surface area contributed by atoms with Crippen LogP contribution in [0.3, 0.4) is 0 Å². The van der Waals surface area contributed by atoms with Gasteiger partial charge in [0.25, 0.3) is 0 Å². The summed E-state index contributed by atoms with van der Waals surface area (Å²) in [4.78, 5) is 21.8. The summed E-state index contributed by atoms with van der Waals surface area (Å²) in [5, 5.41) is 0.519. The van der Waals surface area contributed by atoms with E-state index in [1.54, 1.807) is 25.1 Å². The second-order valence-corrected chi connectivity index (χ2v) is 5.70. The molecule has 3 rings (SSSR count). The van der Waals surface area contributed by atoms with Gasteiger partial charge in [0.15, 0.2) is 11.5 Å². The number of anilines is 1. The van der Waals surface area contributed by atoms with Gasteiger partial charge in [-0.25, -0.2) is 9.78 Å². The standard InChI is InChI=1S/C16H17ClN4O4/c1-3-24-16(22)21-7-10-11(8-21)19-15(18)20-14(10)25-12-5-4-9(17)6-13(12)23-2/h4-6H,3,7-8H2,1-2H3,(H2,18,19,20). The van der Waals surface area contributed by atoms with Gasteiger partial charge in [0, 0.05) is 11.1 Å². The molecule has 0 bridgehead atoms. The van der Waals surface area contributed by atoms with E-state index in [1.807, 2.05) is 0 Å². The number of halogens is 1. The maximum Gasteiger partial charge on any atom is 0.410 e. The van der Waals surface area contributed by atoms with Crippen molar-refractivity contribution in [3.63, 3.8) is 0 Å². The Morgan fingerprint density at radius 2 is 2.12 bits per heavy atom. The molecule has 0 saturated carbocycles. The molecular weight excluding hydrogens is 348 g/mol. The minimum Gasteiger partial charge on any atom is -0.493 e. The molecule has 1 aliphatic heterocycles. The topological polar surface area (TPSA) is 99.8 Å². The molecule has 1 amide bonds. The molecule has 2 N–H and O–H groups in total. The Morgan fingerprint density at radius 1 is 1.32 bits per heavy atom. The van der Waals surface area contributed by atoms with Gasteiger partial charge in [-0.2, -0.15) is 4.98 Å². The largest absolute Gasteiger partial charge is 0.493 e. The summed E-state index contributed by atoms with van der Waals surface area (Å²) in [5.74, 6) is 1.22. The molecule has 8 nitrogen and oxygen atoms in total.